The van der Waals surface area contributed by atoms with Gasteiger partial charge in [-0.1, -0.05) is 0 Å². The van der Waals surface area contributed by atoms with Gasteiger partial charge in [0.2, 0.25) is 0 Å². The van der Waals surface area contributed by atoms with E-state index in [0.717, 1.165) is 4.90 Å². The molecule has 2 rings (SSSR count). The number of nitrogens with one attached hydrogen (secondary N) is 1. The molecule has 1 aromatic heterocycles. The number of benzene rings is 1. The molecular weight excluding hydrogens is 310 g/mol. The van der Waals surface area contributed by atoms with E-state index in [4.69, 9.17) is 4.74 Å². The normalized spacial score (nSPS) is 10.3. The van der Waals surface area contributed by atoms with E-state index in [1.807, 2.05) is 0 Å². The molecule has 24 heavy (non-hydrogen) atoms. The van der Waals surface area contributed by atoms with Crippen molar-refractivity contribution < 1.29 is 19.4 Å². The van der Waals surface area contributed by atoms with E-state index in [1.165, 1.54) is 19.3 Å². The highest BCUT2D eigenvalue weighted by molar-refractivity contribution is 5.92. The summed E-state index contributed by atoms with van der Waals surface area (Å²) in [6.45, 7) is 3.52. The molecule has 2 amide bonds. The zero-order chi connectivity index (χ0) is 17.7. The van der Waals surface area contributed by atoms with Gasteiger partial charge in [-0.15, -0.1) is 0 Å². The number of amides is 2. The zero-order valence-electron chi connectivity index (χ0n) is 13.6. The molecule has 0 unspecified atom stereocenters. The van der Waals surface area contributed by atoms with E-state index < -0.39 is 6.09 Å². The van der Waals surface area contributed by atoms with Crippen molar-refractivity contribution in [1.82, 2.24) is 10.3 Å². The van der Waals surface area contributed by atoms with Crippen LogP contribution in [0.1, 0.15) is 24.3 Å². The van der Waals surface area contributed by atoms with Crippen molar-refractivity contribution in [3.05, 3.63) is 48.3 Å². The van der Waals surface area contributed by atoms with Crippen LogP contribution in [0.25, 0.3) is 0 Å². The molecule has 1 heterocycles. The van der Waals surface area contributed by atoms with Crippen molar-refractivity contribution in [3.63, 3.8) is 0 Å². The van der Waals surface area contributed by atoms with Crippen LogP contribution in [-0.2, 0) is 0 Å². The predicted octanol–water partition coefficient (Wildman–Crippen LogP) is 1.79. The maximum absolute atomic E-state index is 11.6. The maximum Gasteiger partial charge on any atom is 0.269 e. The summed E-state index contributed by atoms with van der Waals surface area (Å²) < 4.78 is 5.67. The Morgan fingerprint density at radius 2 is 1.83 bits per heavy atom. The number of hydrogen-bond donors (Lipinski definition) is 1. The minimum atomic E-state index is -1.26. The van der Waals surface area contributed by atoms with Gasteiger partial charge in [0.15, 0.2) is 0 Å². The summed E-state index contributed by atoms with van der Waals surface area (Å²) >= 11 is 0. The lowest BCUT2D eigenvalue weighted by Crippen LogP contribution is -2.45. The van der Waals surface area contributed by atoms with Crippen molar-refractivity contribution in [3.8, 4) is 11.5 Å². The fourth-order valence-electron chi connectivity index (χ4n) is 2.15. The van der Waals surface area contributed by atoms with Gasteiger partial charge >= 0.3 is 0 Å². The average molecular weight is 328 g/mol. The summed E-state index contributed by atoms with van der Waals surface area (Å²) in [5, 5.41) is 13.7. The van der Waals surface area contributed by atoms with Gasteiger partial charge in [-0.3, -0.25) is 9.78 Å². The Hall–Kier alpha value is -3.09. The molecule has 0 saturated carbocycles. The number of anilines is 1. The van der Waals surface area contributed by atoms with Crippen molar-refractivity contribution in [1.29, 1.82) is 0 Å². The Labute approximate surface area is 139 Å². The molecule has 0 fully saturated rings. The molecule has 0 atom stereocenters. The second-order valence-electron chi connectivity index (χ2n) is 5.28. The number of ether oxygens (including phenoxy) is 1. The lowest BCUT2D eigenvalue weighted by Gasteiger charge is -2.29. The lowest BCUT2D eigenvalue weighted by molar-refractivity contribution is -0.247. The first kappa shape index (κ1) is 17.3. The first-order valence-corrected chi connectivity index (χ1v) is 7.38. The molecule has 1 aromatic carbocycles. The Bertz CT molecular complexity index is 729. The molecule has 7 heteroatoms. The average Bonchev–Trinajstić information content (AvgIpc) is 2.55. The lowest BCUT2D eigenvalue weighted by atomic mass is 10.2. The van der Waals surface area contributed by atoms with Crippen LogP contribution in [0.3, 0.4) is 0 Å². The van der Waals surface area contributed by atoms with E-state index in [9.17, 15) is 14.7 Å². The fourth-order valence-corrected chi connectivity index (χ4v) is 2.15. The minimum absolute atomic E-state index is 0.239. The zero-order valence-corrected chi connectivity index (χ0v) is 13.6. The smallest absolute Gasteiger partial charge is 0.269 e. The van der Waals surface area contributed by atoms with Crippen molar-refractivity contribution in [2.75, 3.05) is 11.9 Å². The van der Waals surface area contributed by atoms with E-state index in [2.05, 4.69) is 10.3 Å². The van der Waals surface area contributed by atoms with Gasteiger partial charge in [0.1, 0.15) is 23.3 Å². The van der Waals surface area contributed by atoms with Gasteiger partial charge in [0.05, 0.1) is 0 Å². The maximum atomic E-state index is 11.6. The minimum Gasteiger partial charge on any atom is -0.530 e. The van der Waals surface area contributed by atoms with Crippen LogP contribution in [0, 0.1) is 0 Å². The molecule has 0 aliphatic heterocycles. The molecule has 2 aromatic rings. The van der Waals surface area contributed by atoms with Crippen LogP contribution >= 0.6 is 0 Å². The summed E-state index contributed by atoms with van der Waals surface area (Å²) in [5.41, 5.74) is 0.743. The second kappa shape index (κ2) is 7.45. The molecule has 0 saturated heterocycles. The van der Waals surface area contributed by atoms with E-state index in [-0.39, 0.29) is 17.6 Å². The number of aromatic nitrogens is 1. The molecule has 126 valence electrons. The van der Waals surface area contributed by atoms with Crippen LogP contribution in [-0.4, -0.2) is 30.1 Å². The van der Waals surface area contributed by atoms with Crippen LogP contribution < -0.4 is 20.1 Å². The fraction of sp³-hybridized carbons (Fsp3) is 0.235. The third-order valence-electron chi connectivity index (χ3n) is 3.25. The molecule has 0 bridgehead atoms. The highest BCUT2D eigenvalue weighted by Gasteiger charge is 2.12. The standard InChI is InChI=1S/C17H19N3O4/c1-11(2)20(17(22)23)12-4-6-13(7-5-12)24-14-8-9-19-15(10-14)16(21)18-3/h4-11H,1-3H3,(H,18,21)(H,22,23)/p-1. The SMILES string of the molecule is CNC(=O)c1cc(Oc2ccc(N(C(=O)[O-])C(C)C)cc2)ccn1. The molecule has 1 N–H and O–H groups in total. The molecule has 0 aliphatic rings. The molecule has 0 radical (unpaired) electrons. The van der Waals surface area contributed by atoms with Gasteiger partial charge in [0, 0.05) is 31.0 Å². The van der Waals surface area contributed by atoms with Crippen LogP contribution in [0.4, 0.5) is 10.5 Å². The van der Waals surface area contributed by atoms with Crippen LogP contribution in [0.2, 0.25) is 0 Å². The van der Waals surface area contributed by atoms with Gasteiger partial charge in [-0.25, -0.2) is 0 Å². The van der Waals surface area contributed by atoms with E-state index in [0.29, 0.717) is 17.2 Å². The molecule has 0 aliphatic carbocycles. The first-order chi connectivity index (χ1) is 11.4. The van der Waals surface area contributed by atoms with Gasteiger partial charge < -0.3 is 24.9 Å². The number of carbonyl (C=O) groups is 2. The van der Waals surface area contributed by atoms with E-state index >= 15 is 0 Å². The van der Waals surface area contributed by atoms with Crippen molar-refractivity contribution >= 4 is 17.7 Å². The molecule has 7 nitrogen and oxygen atoms in total. The summed E-state index contributed by atoms with van der Waals surface area (Å²) in [6, 6.07) is 9.47. The summed E-state index contributed by atoms with van der Waals surface area (Å²) in [6.07, 6.45) is 0.216. The second-order valence-corrected chi connectivity index (χ2v) is 5.28. The van der Waals surface area contributed by atoms with Gasteiger partial charge in [0.25, 0.3) is 5.91 Å². The predicted molar refractivity (Wildman–Crippen MR) is 87.2 cm³/mol. The summed E-state index contributed by atoms with van der Waals surface area (Å²) in [4.78, 5) is 27.9. The largest absolute Gasteiger partial charge is 0.530 e. The Kier molecular flexibility index (Phi) is 5.36. The first-order valence-electron chi connectivity index (χ1n) is 7.38. The third kappa shape index (κ3) is 4.01. The van der Waals surface area contributed by atoms with Crippen molar-refractivity contribution in [2.45, 2.75) is 19.9 Å². The number of carbonyl (C=O) groups excluding carboxylic acids is 2. The molecular formula is C17H18N3O4-. The topological polar surface area (TPSA) is 94.6 Å². The Morgan fingerprint density at radius 1 is 1.17 bits per heavy atom. The summed E-state index contributed by atoms with van der Waals surface area (Å²) in [7, 11) is 1.52. The quantitative estimate of drug-likeness (QED) is 0.903. The van der Waals surface area contributed by atoms with Crippen LogP contribution in [0.15, 0.2) is 42.6 Å². The van der Waals surface area contributed by atoms with Crippen molar-refractivity contribution in [2.24, 2.45) is 0 Å². The highest BCUT2D eigenvalue weighted by atomic mass is 16.5. The Balaban J connectivity index is 2.17. The van der Waals surface area contributed by atoms with Crippen LogP contribution in [0.5, 0.6) is 11.5 Å². The monoisotopic (exact) mass is 328 g/mol. The van der Waals surface area contributed by atoms with Gasteiger partial charge in [-0.05, 0) is 44.2 Å². The highest BCUT2D eigenvalue weighted by Crippen LogP contribution is 2.25. The number of rotatable bonds is 5. The van der Waals surface area contributed by atoms with E-state index in [1.54, 1.807) is 44.2 Å². The number of hydrogen-bond acceptors (Lipinski definition) is 5. The summed E-state index contributed by atoms with van der Waals surface area (Å²) in [5.74, 6) is 0.657. The number of nitrogens with zero attached hydrogens (tertiary/aromatic N) is 2. The van der Waals surface area contributed by atoms with Gasteiger partial charge in [-0.2, -0.15) is 0 Å². The number of pyridine rings is 1. The molecule has 0 spiro atoms. The third-order valence-corrected chi connectivity index (χ3v) is 3.25. The Morgan fingerprint density at radius 3 is 2.38 bits per heavy atom. The number of carboxylic acid groups (broad SMARTS) is 1.